The molecule has 8 heteroatoms. The Bertz CT molecular complexity index is 926. The molecule has 4 rings (SSSR count). The van der Waals surface area contributed by atoms with Gasteiger partial charge in [0, 0.05) is 29.1 Å². The first-order chi connectivity index (χ1) is 13.7. The molecule has 0 amide bonds. The summed E-state index contributed by atoms with van der Waals surface area (Å²) < 4.78 is 25.3. The minimum Gasteiger partial charge on any atom is -0.381 e. The van der Waals surface area contributed by atoms with Crippen LogP contribution in [0, 0.1) is 5.82 Å². The second-order valence-electron chi connectivity index (χ2n) is 6.91. The van der Waals surface area contributed by atoms with Crippen LogP contribution in [0.4, 0.5) is 4.39 Å². The zero-order chi connectivity index (χ0) is 19.3. The van der Waals surface area contributed by atoms with Gasteiger partial charge in [0.1, 0.15) is 17.0 Å². The molecular weight excluding hydrogens is 399 g/mol. The van der Waals surface area contributed by atoms with Crippen LogP contribution >= 0.6 is 23.5 Å². The molecule has 1 aromatic heterocycles. The molecule has 0 aliphatic carbocycles. The van der Waals surface area contributed by atoms with E-state index in [1.54, 1.807) is 23.5 Å². The number of nitrogens with zero attached hydrogens (tertiary/aromatic N) is 1. The SMILES string of the molecule is O=c1[nH]c(CSC2CCOCC2)nc2cc(SCC3=CCOCC3)cc(F)c12. The standard InChI is InChI=1S/C20H23FN2O3S2/c21-16-9-15(27-11-13-1-5-25-6-2-13)10-17-19(16)20(24)23-18(22-17)12-28-14-3-7-26-8-4-14/h1,9-10,14H,2-8,11-12H2,(H,22,23,24). The van der Waals surface area contributed by atoms with E-state index >= 15 is 0 Å². The summed E-state index contributed by atoms with van der Waals surface area (Å²) in [6, 6.07) is 3.25. The van der Waals surface area contributed by atoms with Gasteiger partial charge < -0.3 is 14.5 Å². The van der Waals surface area contributed by atoms with Crippen molar-refractivity contribution >= 4 is 34.4 Å². The number of fused-ring (bicyclic) bond motifs is 1. The van der Waals surface area contributed by atoms with Gasteiger partial charge in [0.05, 0.1) is 24.5 Å². The molecule has 0 spiro atoms. The highest BCUT2D eigenvalue weighted by atomic mass is 32.2. The summed E-state index contributed by atoms with van der Waals surface area (Å²) in [5, 5.41) is 0.551. The molecular formula is C20H23FN2O3S2. The van der Waals surface area contributed by atoms with Gasteiger partial charge in [-0.05, 0) is 31.4 Å². The maximum Gasteiger partial charge on any atom is 0.261 e. The zero-order valence-electron chi connectivity index (χ0n) is 15.5. The number of thioether (sulfide) groups is 2. The number of rotatable bonds is 6. The number of hydrogen-bond acceptors (Lipinski definition) is 6. The van der Waals surface area contributed by atoms with Gasteiger partial charge in [-0.2, -0.15) is 11.8 Å². The Kier molecular flexibility index (Phi) is 6.72. The minimum absolute atomic E-state index is 0.0365. The van der Waals surface area contributed by atoms with Crippen molar-refractivity contribution < 1.29 is 13.9 Å². The van der Waals surface area contributed by atoms with Gasteiger partial charge in [-0.15, -0.1) is 11.8 Å². The Morgan fingerprint density at radius 3 is 2.82 bits per heavy atom. The largest absolute Gasteiger partial charge is 0.381 e. The molecule has 0 unspecified atom stereocenters. The van der Waals surface area contributed by atoms with E-state index in [0.717, 1.165) is 49.7 Å². The van der Waals surface area contributed by atoms with Crippen LogP contribution in [0.1, 0.15) is 25.1 Å². The summed E-state index contributed by atoms with van der Waals surface area (Å²) >= 11 is 3.34. The molecule has 0 radical (unpaired) electrons. The molecule has 5 nitrogen and oxygen atoms in total. The first-order valence-electron chi connectivity index (χ1n) is 9.49. The fourth-order valence-corrected chi connectivity index (χ4v) is 5.36. The maximum absolute atomic E-state index is 14.6. The maximum atomic E-state index is 14.6. The molecule has 0 atom stereocenters. The summed E-state index contributed by atoms with van der Waals surface area (Å²) in [5.41, 5.74) is 1.33. The predicted octanol–water partition coefficient (Wildman–Crippen LogP) is 3.91. The summed E-state index contributed by atoms with van der Waals surface area (Å²) in [6.07, 6.45) is 5.02. The third-order valence-electron chi connectivity index (χ3n) is 4.89. The molecule has 28 heavy (non-hydrogen) atoms. The van der Waals surface area contributed by atoms with Gasteiger partial charge in [0.15, 0.2) is 0 Å². The van der Waals surface area contributed by atoms with E-state index in [1.165, 1.54) is 11.6 Å². The average Bonchev–Trinajstić information content (AvgIpc) is 2.72. The molecule has 1 fully saturated rings. The minimum atomic E-state index is -0.515. The molecule has 1 N–H and O–H groups in total. The Labute approximate surface area is 171 Å². The highest BCUT2D eigenvalue weighted by Gasteiger charge is 2.16. The normalized spacial score (nSPS) is 18.4. The predicted molar refractivity (Wildman–Crippen MR) is 112 cm³/mol. The van der Waals surface area contributed by atoms with Crippen molar-refractivity contribution in [3.05, 3.63) is 45.8 Å². The molecule has 2 aliphatic rings. The van der Waals surface area contributed by atoms with E-state index in [0.29, 0.717) is 29.0 Å². The van der Waals surface area contributed by atoms with Crippen LogP contribution in [0.5, 0.6) is 0 Å². The van der Waals surface area contributed by atoms with Crippen LogP contribution in [0.3, 0.4) is 0 Å². The van der Waals surface area contributed by atoms with Crippen molar-refractivity contribution in [3.63, 3.8) is 0 Å². The number of benzene rings is 1. The van der Waals surface area contributed by atoms with Gasteiger partial charge in [-0.3, -0.25) is 4.79 Å². The number of hydrogen-bond donors (Lipinski definition) is 1. The lowest BCUT2D eigenvalue weighted by atomic mass is 10.2. The number of halogens is 1. The second kappa shape index (κ2) is 9.43. The van der Waals surface area contributed by atoms with Crippen molar-refractivity contribution in [3.8, 4) is 0 Å². The molecule has 3 heterocycles. The Morgan fingerprint density at radius 2 is 2.04 bits per heavy atom. The zero-order valence-corrected chi connectivity index (χ0v) is 17.2. The summed E-state index contributed by atoms with van der Waals surface area (Å²) in [4.78, 5) is 20.5. The van der Waals surface area contributed by atoms with Gasteiger partial charge >= 0.3 is 0 Å². The van der Waals surface area contributed by atoms with E-state index in [-0.39, 0.29) is 5.39 Å². The van der Waals surface area contributed by atoms with Crippen LogP contribution in [-0.2, 0) is 15.2 Å². The first kappa shape index (κ1) is 19.9. The molecule has 0 saturated carbocycles. The van der Waals surface area contributed by atoms with E-state index in [2.05, 4.69) is 16.0 Å². The lowest BCUT2D eigenvalue weighted by molar-refractivity contribution is 0.1000. The van der Waals surface area contributed by atoms with Crippen molar-refractivity contribution in [2.24, 2.45) is 0 Å². The Morgan fingerprint density at radius 1 is 1.18 bits per heavy atom. The summed E-state index contributed by atoms with van der Waals surface area (Å²) in [5.74, 6) is 1.49. The molecule has 150 valence electrons. The Balaban J connectivity index is 1.51. The van der Waals surface area contributed by atoms with Gasteiger partial charge in [0.2, 0.25) is 0 Å². The molecule has 2 aliphatic heterocycles. The average molecular weight is 423 g/mol. The van der Waals surface area contributed by atoms with Crippen LogP contribution in [0.25, 0.3) is 10.9 Å². The number of aromatic nitrogens is 2. The van der Waals surface area contributed by atoms with Gasteiger partial charge in [-0.1, -0.05) is 11.6 Å². The quantitative estimate of drug-likeness (QED) is 0.562. The summed E-state index contributed by atoms with van der Waals surface area (Å²) in [6.45, 7) is 2.96. The lowest BCUT2D eigenvalue weighted by Gasteiger charge is -2.21. The Hall–Kier alpha value is -1.35. The fraction of sp³-hybridized carbons (Fsp3) is 0.500. The van der Waals surface area contributed by atoms with Crippen LogP contribution in [0.15, 0.2) is 33.5 Å². The van der Waals surface area contributed by atoms with E-state index in [9.17, 15) is 9.18 Å². The smallest absolute Gasteiger partial charge is 0.261 e. The number of H-pyrrole nitrogens is 1. The second-order valence-corrected chi connectivity index (χ2v) is 9.25. The molecule has 0 bridgehead atoms. The van der Waals surface area contributed by atoms with Gasteiger partial charge in [0.25, 0.3) is 5.56 Å². The van der Waals surface area contributed by atoms with Gasteiger partial charge in [-0.25, -0.2) is 9.37 Å². The van der Waals surface area contributed by atoms with Crippen molar-refractivity contribution in [2.45, 2.75) is 35.2 Å². The van der Waals surface area contributed by atoms with Crippen LogP contribution in [0.2, 0.25) is 0 Å². The monoisotopic (exact) mass is 422 g/mol. The summed E-state index contributed by atoms with van der Waals surface area (Å²) in [7, 11) is 0. The number of nitrogens with one attached hydrogen (secondary N) is 1. The third-order valence-corrected chi connectivity index (χ3v) is 7.36. The van der Waals surface area contributed by atoms with E-state index < -0.39 is 11.4 Å². The fourth-order valence-electron chi connectivity index (χ4n) is 3.31. The highest BCUT2D eigenvalue weighted by molar-refractivity contribution is 7.99. The van der Waals surface area contributed by atoms with E-state index in [1.807, 2.05) is 6.07 Å². The van der Waals surface area contributed by atoms with Crippen molar-refractivity contribution in [2.75, 3.05) is 32.2 Å². The number of aromatic amines is 1. The first-order valence-corrected chi connectivity index (χ1v) is 11.5. The third kappa shape index (κ3) is 4.97. The molecule has 1 aromatic carbocycles. The molecule has 2 aromatic rings. The topological polar surface area (TPSA) is 64.2 Å². The number of ether oxygens (including phenoxy) is 2. The van der Waals surface area contributed by atoms with Crippen LogP contribution < -0.4 is 5.56 Å². The van der Waals surface area contributed by atoms with Crippen molar-refractivity contribution in [1.82, 2.24) is 9.97 Å². The van der Waals surface area contributed by atoms with Crippen molar-refractivity contribution in [1.29, 1.82) is 0 Å². The lowest BCUT2D eigenvalue weighted by Crippen LogP contribution is -2.18. The highest BCUT2D eigenvalue weighted by Crippen LogP contribution is 2.28. The van der Waals surface area contributed by atoms with Crippen LogP contribution in [-0.4, -0.2) is 47.4 Å². The molecule has 1 saturated heterocycles. The van der Waals surface area contributed by atoms with E-state index in [4.69, 9.17) is 9.47 Å².